The Labute approximate surface area is 137 Å². The molecule has 2 aromatic heterocycles. The van der Waals surface area contributed by atoms with Crippen LogP contribution in [0.5, 0.6) is 0 Å². The van der Waals surface area contributed by atoms with Crippen LogP contribution in [0.4, 0.5) is 4.39 Å². The molecule has 0 saturated heterocycles. The first-order valence-corrected chi connectivity index (χ1v) is 7.53. The van der Waals surface area contributed by atoms with Crippen molar-refractivity contribution >= 4 is 5.91 Å². The molecule has 120 valence electrons. The summed E-state index contributed by atoms with van der Waals surface area (Å²) in [6, 6.07) is 6.18. The van der Waals surface area contributed by atoms with Crippen molar-refractivity contribution in [1.82, 2.24) is 24.6 Å². The van der Waals surface area contributed by atoms with E-state index in [1.54, 1.807) is 40.3 Å². The first-order chi connectivity index (χ1) is 11.7. The average Bonchev–Trinajstić information content (AvgIpc) is 3.22. The number of nitrogens with zero attached hydrogens (tertiary/aromatic N) is 5. The van der Waals surface area contributed by atoms with Gasteiger partial charge < -0.3 is 4.90 Å². The van der Waals surface area contributed by atoms with Crippen molar-refractivity contribution in [1.29, 1.82) is 0 Å². The normalized spacial score (nSPS) is 13.1. The molecule has 0 aliphatic carbocycles. The molecule has 3 aromatic rings. The van der Waals surface area contributed by atoms with Gasteiger partial charge in [0.1, 0.15) is 18.7 Å². The highest BCUT2D eigenvalue weighted by molar-refractivity contribution is 5.76. The summed E-state index contributed by atoms with van der Waals surface area (Å²) in [7, 11) is 0. The Bertz CT molecular complexity index is 865. The van der Waals surface area contributed by atoms with Gasteiger partial charge in [0.15, 0.2) is 0 Å². The third-order valence-corrected chi connectivity index (χ3v) is 4.04. The number of carbonyl (C=O) groups excluding carboxylic acids is 1. The van der Waals surface area contributed by atoms with E-state index in [2.05, 4.69) is 15.1 Å². The molecule has 4 rings (SSSR count). The predicted octanol–water partition coefficient (Wildman–Crippen LogP) is 2.02. The zero-order valence-corrected chi connectivity index (χ0v) is 12.8. The molecule has 1 aliphatic rings. The van der Waals surface area contributed by atoms with E-state index in [9.17, 15) is 9.18 Å². The highest BCUT2D eigenvalue weighted by atomic mass is 19.1. The minimum absolute atomic E-state index is 0.0262. The molecule has 0 radical (unpaired) electrons. The molecule has 1 amide bonds. The van der Waals surface area contributed by atoms with Crippen LogP contribution in [0.15, 0.2) is 49.2 Å². The number of amides is 1. The lowest BCUT2D eigenvalue weighted by atomic mass is 10.1. The summed E-state index contributed by atoms with van der Waals surface area (Å²) in [4.78, 5) is 22.4. The lowest BCUT2D eigenvalue weighted by molar-refractivity contribution is -0.132. The average molecular weight is 323 g/mol. The molecule has 0 N–H and O–H groups in total. The second kappa shape index (κ2) is 5.84. The Morgan fingerprint density at radius 3 is 2.75 bits per heavy atom. The fraction of sp³-hybridized carbons (Fsp3) is 0.176. The number of hydrogen-bond acceptors (Lipinski definition) is 4. The van der Waals surface area contributed by atoms with E-state index in [1.165, 1.54) is 18.5 Å². The van der Waals surface area contributed by atoms with Crippen molar-refractivity contribution in [2.45, 2.75) is 19.6 Å². The zero-order valence-electron chi connectivity index (χ0n) is 12.8. The molecule has 7 heteroatoms. The molecule has 0 fully saturated rings. The quantitative estimate of drug-likeness (QED) is 0.740. The van der Waals surface area contributed by atoms with Crippen molar-refractivity contribution < 1.29 is 9.18 Å². The fourth-order valence-corrected chi connectivity index (χ4v) is 2.76. The monoisotopic (exact) mass is 323 g/mol. The number of carbonyl (C=O) groups is 1. The van der Waals surface area contributed by atoms with Crippen LogP contribution >= 0.6 is 0 Å². The van der Waals surface area contributed by atoms with E-state index < -0.39 is 0 Å². The molecule has 1 aliphatic heterocycles. The fourth-order valence-electron chi connectivity index (χ4n) is 2.76. The van der Waals surface area contributed by atoms with Crippen LogP contribution in [0.25, 0.3) is 11.1 Å². The van der Waals surface area contributed by atoms with Crippen LogP contribution < -0.4 is 0 Å². The van der Waals surface area contributed by atoms with E-state index in [0.717, 1.165) is 22.4 Å². The maximum absolute atomic E-state index is 13.0. The Balaban J connectivity index is 1.45. The first-order valence-electron chi connectivity index (χ1n) is 7.53. The van der Waals surface area contributed by atoms with Gasteiger partial charge in [0.2, 0.25) is 5.91 Å². The van der Waals surface area contributed by atoms with Gasteiger partial charge in [-0.05, 0) is 17.7 Å². The summed E-state index contributed by atoms with van der Waals surface area (Å²) in [6.07, 6.45) is 6.70. The van der Waals surface area contributed by atoms with Crippen LogP contribution in [-0.2, 0) is 24.4 Å². The number of aromatic nitrogens is 4. The Morgan fingerprint density at radius 1 is 1.12 bits per heavy atom. The van der Waals surface area contributed by atoms with E-state index in [-0.39, 0.29) is 18.3 Å². The summed E-state index contributed by atoms with van der Waals surface area (Å²) in [5, 5.41) is 4.22. The highest BCUT2D eigenvalue weighted by Crippen LogP contribution is 2.21. The SMILES string of the molecule is O=C(Cn1cc(-c2ccc(F)cc2)cn1)N1Cc2cncnc2C1. The van der Waals surface area contributed by atoms with Crippen LogP contribution in [0.2, 0.25) is 0 Å². The molecule has 24 heavy (non-hydrogen) atoms. The van der Waals surface area contributed by atoms with Gasteiger partial charge in [-0.15, -0.1) is 0 Å². The van der Waals surface area contributed by atoms with Gasteiger partial charge in [0.25, 0.3) is 0 Å². The van der Waals surface area contributed by atoms with Gasteiger partial charge >= 0.3 is 0 Å². The van der Waals surface area contributed by atoms with E-state index in [0.29, 0.717) is 13.1 Å². The molecule has 0 saturated carbocycles. The van der Waals surface area contributed by atoms with Gasteiger partial charge in [0, 0.05) is 30.1 Å². The van der Waals surface area contributed by atoms with E-state index in [4.69, 9.17) is 0 Å². The van der Waals surface area contributed by atoms with E-state index >= 15 is 0 Å². The first kappa shape index (κ1) is 14.5. The van der Waals surface area contributed by atoms with Gasteiger partial charge in [-0.1, -0.05) is 12.1 Å². The maximum Gasteiger partial charge on any atom is 0.244 e. The van der Waals surface area contributed by atoms with Gasteiger partial charge in [-0.25, -0.2) is 14.4 Å². The topological polar surface area (TPSA) is 63.9 Å². The van der Waals surface area contributed by atoms with Gasteiger partial charge in [0.05, 0.1) is 18.4 Å². The molecule has 3 heterocycles. The van der Waals surface area contributed by atoms with Crippen molar-refractivity contribution in [2.24, 2.45) is 0 Å². The third kappa shape index (κ3) is 2.76. The molecule has 6 nitrogen and oxygen atoms in total. The molecule has 0 unspecified atom stereocenters. The summed E-state index contributed by atoms with van der Waals surface area (Å²) >= 11 is 0. The number of rotatable bonds is 3. The molecule has 0 spiro atoms. The van der Waals surface area contributed by atoms with Crippen molar-refractivity contribution in [2.75, 3.05) is 0 Å². The standard InChI is InChI=1S/C17H14FN5O/c18-15-3-1-12(2-4-15)13-6-21-23(8-13)10-17(24)22-7-14-5-19-11-20-16(14)9-22/h1-6,8,11H,7,9-10H2. The van der Waals surface area contributed by atoms with Crippen LogP contribution in [0.1, 0.15) is 11.3 Å². The minimum Gasteiger partial charge on any atom is -0.331 e. The van der Waals surface area contributed by atoms with Crippen molar-refractivity contribution in [3.8, 4) is 11.1 Å². The molecular weight excluding hydrogens is 309 g/mol. The smallest absolute Gasteiger partial charge is 0.244 e. The summed E-state index contributed by atoms with van der Waals surface area (Å²) < 4.78 is 14.6. The number of fused-ring (bicyclic) bond motifs is 1. The lowest BCUT2D eigenvalue weighted by Crippen LogP contribution is -2.29. The number of halogens is 1. The summed E-state index contributed by atoms with van der Waals surface area (Å²) in [5.74, 6) is -0.306. The lowest BCUT2D eigenvalue weighted by Gasteiger charge is -2.14. The Morgan fingerprint density at radius 2 is 1.96 bits per heavy atom. The van der Waals surface area contributed by atoms with Crippen LogP contribution in [-0.4, -0.2) is 30.6 Å². The maximum atomic E-state index is 13.0. The second-order valence-electron chi connectivity index (χ2n) is 5.68. The molecule has 0 atom stereocenters. The molecule has 1 aromatic carbocycles. The molecule has 0 bridgehead atoms. The number of hydrogen-bond donors (Lipinski definition) is 0. The summed E-state index contributed by atoms with van der Waals surface area (Å²) in [6.45, 7) is 1.19. The predicted molar refractivity (Wildman–Crippen MR) is 83.9 cm³/mol. The number of benzene rings is 1. The van der Waals surface area contributed by atoms with Crippen molar-refractivity contribution in [3.05, 3.63) is 66.3 Å². The summed E-state index contributed by atoms with van der Waals surface area (Å²) in [5.41, 5.74) is 3.58. The largest absolute Gasteiger partial charge is 0.331 e. The highest BCUT2D eigenvalue weighted by Gasteiger charge is 2.24. The second-order valence-corrected chi connectivity index (χ2v) is 5.68. The Kier molecular flexibility index (Phi) is 3.53. The van der Waals surface area contributed by atoms with Crippen LogP contribution in [0.3, 0.4) is 0 Å². The van der Waals surface area contributed by atoms with E-state index in [1.807, 2.05) is 0 Å². The zero-order chi connectivity index (χ0) is 16.5. The Hall–Kier alpha value is -3.09. The molecular formula is C17H14FN5O. The van der Waals surface area contributed by atoms with Crippen molar-refractivity contribution in [3.63, 3.8) is 0 Å². The van der Waals surface area contributed by atoms with Crippen LogP contribution in [0, 0.1) is 5.82 Å². The van der Waals surface area contributed by atoms with Gasteiger partial charge in [-0.2, -0.15) is 5.10 Å². The minimum atomic E-state index is -0.280. The third-order valence-electron chi connectivity index (χ3n) is 4.04. The van der Waals surface area contributed by atoms with Gasteiger partial charge in [-0.3, -0.25) is 9.48 Å².